The van der Waals surface area contributed by atoms with Crippen molar-refractivity contribution in [2.75, 3.05) is 20.2 Å². The van der Waals surface area contributed by atoms with E-state index in [-0.39, 0.29) is 0 Å². The SMILES string of the molecule is CN1CC2CC1(C)CO2. The molecule has 0 aromatic heterocycles. The molecule has 9 heavy (non-hydrogen) atoms. The van der Waals surface area contributed by atoms with Crippen molar-refractivity contribution in [2.45, 2.75) is 25.0 Å². The van der Waals surface area contributed by atoms with Gasteiger partial charge in [0.25, 0.3) is 0 Å². The van der Waals surface area contributed by atoms with Crippen LogP contribution in [-0.4, -0.2) is 36.7 Å². The van der Waals surface area contributed by atoms with Gasteiger partial charge in [-0.1, -0.05) is 0 Å². The summed E-state index contributed by atoms with van der Waals surface area (Å²) >= 11 is 0. The number of hydrogen-bond donors (Lipinski definition) is 0. The lowest BCUT2D eigenvalue weighted by Crippen LogP contribution is -2.43. The van der Waals surface area contributed by atoms with Crippen LogP contribution in [0.15, 0.2) is 0 Å². The molecule has 2 rings (SSSR count). The van der Waals surface area contributed by atoms with Crippen LogP contribution in [-0.2, 0) is 4.74 Å². The van der Waals surface area contributed by atoms with E-state index in [9.17, 15) is 0 Å². The van der Waals surface area contributed by atoms with Crippen LogP contribution in [0.2, 0.25) is 0 Å². The minimum Gasteiger partial charge on any atom is -0.375 e. The predicted octanol–water partition coefficient (Wildman–Crippen LogP) is 0.479. The third-order valence-electron chi connectivity index (χ3n) is 2.70. The van der Waals surface area contributed by atoms with Crippen LogP contribution < -0.4 is 0 Å². The zero-order valence-corrected chi connectivity index (χ0v) is 6.05. The van der Waals surface area contributed by atoms with Gasteiger partial charge in [-0.05, 0) is 20.4 Å². The largest absolute Gasteiger partial charge is 0.375 e. The Hall–Kier alpha value is -0.0800. The molecule has 2 aliphatic rings. The molecule has 0 saturated carbocycles. The molecule has 0 aromatic rings. The van der Waals surface area contributed by atoms with E-state index in [0.717, 1.165) is 13.2 Å². The summed E-state index contributed by atoms with van der Waals surface area (Å²) < 4.78 is 5.48. The van der Waals surface area contributed by atoms with Gasteiger partial charge in [0, 0.05) is 12.1 Å². The number of fused-ring (bicyclic) bond motifs is 2. The zero-order chi connectivity index (χ0) is 6.48. The lowest BCUT2D eigenvalue weighted by atomic mass is 10.0. The number of morpholine rings is 1. The van der Waals surface area contributed by atoms with Gasteiger partial charge < -0.3 is 4.74 Å². The Bertz CT molecular complexity index is 137. The maximum atomic E-state index is 5.48. The van der Waals surface area contributed by atoms with Gasteiger partial charge in [0.05, 0.1) is 12.7 Å². The number of nitrogens with zero attached hydrogens (tertiary/aromatic N) is 1. The van der Waals surface area contributed by atoms with Crippen molar-refractivity contribution in [3.8, 4) is 0 Å². The molecule has 0 amide bonds. The van der Waals surface area contributed by atoms with Gasteiger partial charge in [0.1, 0.15) is 0 Å². The molecule has 2 atom stereocenters. The highest BCUT2D eigenvalue weighted by molar-refractivity contribution is 5.00. The Morgan fingerprint density at radius 3 is 2.67 bits per heavy atom. The normalized spacial score (nSPS) is 50.7. The van der Waals surface area contributed by atoms with Crippen molar-refractivity contribution in [3.63, 3.8) is 0 Å². The monoisotopic (exact) mass is 127 g/mol. The molecule has 0 N–H and O–H groups in total. The molecule has 0 spiro atoms. The lowest BCUT2D eigenvalue weighted by Gasteiger charge is -2.31. The van der Waals surface area contributed by atoms with Crippen LogP contribution in [0.25, 0.3) is 0 Å². The first-order chi connectivity index (χ1) is 4.21. The Labute approximate surface area is 55.8 Å². The van der Waals surface area contributed by atoms with E-state index in [1.165, 1.54) is 6.42 Å². The first-order valence-electron chi connectivity index (χ1n) is 3.54. The maximum Gasteiger partial charge on any atom is 0.0721 e. The Morgan fingerprint density at radius 1 is 1.67 bits per heavy atom. The van der Waals surface area contributed by atoms with E-state index in [2.05, 4.69) is 18.9 Å². The topological polar surface area (TPSA) is 12.5 Å². The first-order valence-corrected chi connectivity index (χ1v) is 3.54. The number of rotatable bonds is 0. The number of ether oxygens (including phenoxy) is 1. The quantitative estimate of drug-likeness (QED) is 0.469. The Kier molecular flexibility index (Phi) is 0.945. The second-order valence-electron chi connectivity index (χ2n) is 3.51. The van der Waals surface area contributed by atoms with Gasteiger partial charge in [-0.2, -0.15) is 0 Å². The fourth-order valence-electron chi connectivity index (χ4n) is 1.81. The number of hydrogen-bond acceptors (Lipinski definition) is 2. The van der Waals surface area contributed by atoms with E-state index in [1.807, 2.05) is 0 Å². The number of likely N-dealkylation sites (N-methyl/N-ethyl adjacent to an activating group) is 1. The molecule has 0 radical (unpaired) electrons. The summed E-state index contributed by atoms with van der Waals surface area (Å²) in [6, 6.07) is 0. The van der Waals surface area contributed by atoms with Gasteiger partial charge in [-0.15, -0.1) is 0 Å². The van der Waals surface area contributed by atoms with E-state index < -0.39 is 0 Å². The van der Waals surface area contributed by atoms with Crippen LogP contribution in [0.3, 0.4) is 0 Å². The van der Waals surface area contributed by atoms with E-state index >= 15 is 0 Å². The van der Waals surface area contributed by atoms with Crippen LogP contribution in [0, 0.1) is 0 Å². The molecule has 2 unspecified atom stereocenters. The first kappa shape index (κ1) is 5.69. The van der Waals surface area contributed by atoms with Gasteiger partial charge in [-0.3, -0.25) is 4.90 Å². The third-order valence-corrected chi connectivity index (χ3v) is 2.70. The fourth-order valence-corrected chi connectivity index (χ4v) is 1.81. The molecule has 2 heteroatoms. The molecule has 0 aliphatic carbocycles. The summed E-state index contributed by atoms with van der Waals surface area (Å²) in [5.74, 6) is 0. The summed E-state index contributed by atoms with van der Waals surface area (Å²) in [6.45, 7) is 4.35. The van der Waals surface area contributed by atoms with Crippen LogP contribution in [0.4, 0.5) is 0 Å². The van der Waals surface area contributed by atoms with Crippen LogP contribution in [0.1, 0.15) is 13.3 Å². The van der Waals surface area contributed by atoms with Crippen molar-refractivity contribution in [1.29, 1.82) is 0 Å². The molecule has 0 aromatic carbocycles. The molecule has 2 aliphatic heterocycles. The lowest BCUT2D eigenvalue weighted by molar-refractivity contribution is 0.0107. The highest BCUT2D eigenvalue weighted by atomic mass is 16.5. The highest BCUT2D eigenvalue weighted by Gasteiger charge is 2.46. The van der Waals surface area contributed by atoms with Crippen molar-refractivity contribution in [2.24, 2.45) is 0 Å². The molecule has 2 saturated heterocycles. The molecular formula is C7H13NO. The van der Waals surface area contributed by atoms with Gasteiger partial charge in [0.15, 0.2) is 0 Å². The second-order valence-corrected chi connectivity index (χ2v) is 3.51. The summed E-state index contributed by atoms with van der Waals surface area (Å²) in [4.78, 5) is 2.40. The highest BCUT2D eigenvalue weighted by Crippen LogP contribution is 2.35. The van der Waals surface area contributed by atoms with Gasteiger partial charge in [0.2, 0.25) is 0 Å². The molecular weight excluding hydrogens is 114 g/mol. The van der Waals surface area contributed by atoms with E-state index in [4.69, 9.17) is 4.74 Å². The van der Waals surface area contributed by atoms with Crippen molar-refractivity contribution >= 4 is 0 Å². The average molecular weight is 127 g/mol. The Morgan fingerprint density at radius 2 is 2.44 bits per heavy atom. The minimum absolute atomic E-state index is 0.380. The van der Waals surface area contributed by atoms with Crippen LogP contribution in [0.5, 0.6) is 0 Å². The smallest absolute Gasteiger partial charge is 0.0721 e. The zero-order valence-electron chi connectivity index (χ0n) is 6.05. The number of likely N-dealkylation sites (tertiary alicyclic amines) is 1. The fraction of sp³-hybridized carbons (Fsp3) is 1.00. The maximum absolute atomic E-state index is 5.48. The molecule has 2 nitrogen and oxygen atoms in total. The van der Waals surface area contributed by atoms with Crippen molar-refractivity contribution in [1.82, 2.24) is 4.90 Å². The summed E-state index contributed by atoms with van der Waals surface area (Å²) in [6.07, 6.45) is 1.78. The summed E-state index contributed by atoms with van der Waals surface area (Å²) in [7, 11) is 2.18. The van der Waals surface area contributed by atoms with Crippen molar-refractivity contribution < 1.29 is 4.74 Å². The van der Waals surface area contributed by atoms with E-state index in [1.54, 1.807) is 0 Å². The summed E-state index contributed by atoms with van der Waals surface area (Å²) in [5, 5.41) is 0. The van der Waals surface area contributed by atoms with Crippen molar-refractivity contribution in [3.05, 3.63) is 0 Å². The molecule has 2 fully saturated rings. The van der Waals surface area contributed by atoms with Gasteiger partial charge in [-0.25, -0.2) is 0 Å². The molecule has 52 valence electrons. The molecule has 2 bridgehead atoms. The predicted molar refractivity (Wildman–Crippen MR) is 35.4 cm³/mol. The third kappa shape index (κ3) is 0.634. The average Bonchev–Trinajstić information content (AvgIpc) is 2.22. The minimum atomic E-state index is 0.380. The second kappa shape index (κ2) is 1.50. The summed E-state index contributed by atoms with van der Waals surface area (Å²) in [5.41, 5.74) is 0.380. The van der Waals surface area contributed by atoms with E-state index in [0.29, 0.717) is 11.6 Å². The standard InChI is InChI=1S/C7H13NO/c1-7-3-6(9-5-7)4-8(7)2/h6H,3-5H2,1-2H3. The Balaban J connectivity index is 2.22. The van der Waals surface area contributed by atoms with Crippen LogP contribution >= 0.6 is 0 Å². The molecule has 2 heterocycles. The van der Waals surface area contributed by atoms with Gasteiger partial charge >= 0.3 is 0 Å².